The van der Waals surface area contributed by atoms with Crippen LogP contribution in [-0.2, 0) is 24.3 Å². The normalized spacial score (nSPS) is 17.9. The Hall–Kier alpha value is -4.56. The highest BCUT2D eigenvalue weighted by Crippen LogP contribution is 2.32. The van der Waals surface area contributed by atoms with Crippen LogP contribution in [0.5, 0.6) is 5.75 Å². The molecule has 8 heteroatoms. The van der Waals surface area contributed by atoms with Crippen molar-refractivity contribution in [3.8, 4) is 5.75 Å². The zero-order valence-electron chi connectivity index (χ0n) is 25.9. The van der Waals surface area contributed by atoms with Crippen LogP contribution >= 0.6 is 0 Å². The van der Waals surface area contributed by atoms with Gasteiger partial charge in [-0.15, -0.1) is 0 Å². The van der Waals surface area contributed by atoms with Crippen molar-refractivity contribution in [1.82, 2.24) is 14.9 Å². The third-order valence-corrected chi connectivity index (χ3v) is 8.90. The minimum absolute atomic E-state index is 0.0181. The minimum Gasteiger partial charge on any atom is -0.496 e. The highest BCUT2D eigenvalue weighted by Gasteiger charge is 2.35. The summed E-state index contributed by atoms with van der Waals surface area (Å²) in [6.45, 7) is 5.17. The van der Waals surface area contributed by atoms with E-state index in [2.05, 4.69) is 9.97 Å². The first-order valence-corrected chi connectivity index (χ1v) is 15.4. The number of hydrogen-bond donors (Lipinski definition) is 0. The number of benzene rings is 2. The summed E-state index contributed by atoms with van der Waals surface area (Å²) >= 11 is 0. The Morgan fingerprint density at radius 1 is 1.00 bits per heavy atom. The maximum absolute atomic E-state index is 15.1. The highest BCUT2D eigenvalue weighted by molar-refractivity contribution is 6.16. The van der Waals surface area contributed by atoms with Crippen molar-refractivity contribution in [2.75, 3.05) is 13.7 Å². The summed E-state index contributed by atoms with van der Waals surface area (Å²) in [5, 5.41) is 0. The molecule has 0 spiro atoms. The van der Waals surface area contributed by atoms with E-state index in [1.165, 1.54) is 13.2 Å². The van der Waals surface area contributed by atoms with E-state index >= 15 is 4.39 Å². The number of fused-ring (bicyclic) bond motifs is 1. The van der Waals surface area contributed by atoms with Gasteiger partial charge in [-0.3, -0.25) is 29.4 Å². The molecule has 2 aliphatic heterocycles. The van der Waals surface area contributed by atoms with E-state index in [-0.39, 0.29) is 36.3 Å². The molecular weight excluding hydrogens is 567 g/mol. The largest absolute Gasteiger partial charge is 0.496 e. The van der Waals surface area contributed by atoms with E-state index in [4.69, 9.17) is 9.73 Å². The van der Waals surface area contributed by atoms with Gasteiger partial charge in [0.05, 0.1) is 25.4 Å². The maximum Gasteiger partial charge on any atom is 0.163 e. The number of aromatic nitrogens is 2. The molecule has 0 bridgehead atoms. The topological polar surface area (TPSA) is 84.8 Å². The third kappa shape index (κ3) is 6.76. The molecule has 0 unspecified atom stereocenters. The zero-order valence-corrected chi connectivity index (χ0v) is 25.9. The fourth-order valence-electron chi connectivity index (χ4n) is 6.52. The lowest BCUT2D eigenvalue weighted by Gasteiger charge is -2.39. The number of halogens is 1. The molecule has 2 aromatic carbocycles. The fraction of sp³-hybridized carbons (Fsp3) is 0.324. The van der Waals surface area contributed by atoms with Gasteiger partial charge in [0.25, 0.3) is 0 Å². The molecule has 0 radical (unpaired) electrons. The number of methoxy groups -OCH3 is 1. The molecule has 0 amide bonds. The van der Waals surface area contributed by atoms with Gasteiger partial charge in [-0.25, -0.2) is 4.39 Å². The Bertz CT molecular complexity index is 1770. The van der Waals surface area contributed by atoms with E-state index in [1.807, 2.05) is 61.2 Å². The first kappa shape index (κ1) is 30.5. The smallest absolute Gasteiger partial charge is 0.163 e. The van der Waals surface area contributed by atoms with Crippen LogP contribution in [0.15, 0.2) is 78.0 Å². The van der Waals surface area contributed by atoms with Crippen LogP contribution in [0.2, 0.25) is 0 Å². The number of carbonyl (C=O) groups excluding carboxylic acids is 2. The van der Waals surface area contributed by atoms with E-state index in [9.17, 15) is 9.59 Å². The van der Waals surface area contributed by atoms with Gasteiger partial charge in [0.2, 0.25) is 0 Å². The molecule has 230 valence electrons. The average molecular weight is 605 g/mol. The molecule has 7 nitrogen and oxygen atoms in total. The number of ether oxygens (including phenoxy) is 1. The zero-order chi connectivity index (χ0) is 31.5. The Morgan fingerprint density at radius 3 is 2.64 bits per heavy atom. The summed E-state index contributed by atoms with van der Waals surface area (Å²) in [5.74, 6) is 0.213. The van der Waals surface area contributed by atoms with E-state index < -0.39 is 6.04 Å². The fourth-order valence-corrected chi connectivity index (χ4v) is 6.52. The van der Waals surface area contributed by atoms with Gasteiger partial charge < -0.3 is 4.74 Å². The first-order valence-electron chi connectivity index (χ1n) is 15.4. The molecular formula is C37H37FN4O3. The molecule has 1 fully saturated rings. The molecule has 1 saturated heterocycles. The van der Waals surface area contributed by atoms with Gasteiger partial charge in [-0.2, -0.15) is 0 Å². The molecule has 2 aliphatic rings. The standard InChI is InChI=1S/C37H37FN4O3/c1-23-7-8-25(19-40-23)16-35(44)33-12-9-26(21-42(33)22-31-32(38)5-4-6-36(31)45-3)17-34(43)27-10-11-29-20-41-37(30(29)18-27)28-13-14-39-24(2)15-28/h4-8,10-11,13-15,18-19,26,33H,9,12,16-17,20-22H2,1-3H3/t26-,33-/m0/s1. The molecule has 2 atom stereocenters. The van der Waals surface area contributed by atoms with Crippen LogP contribution in [-0.4, -0.2) is 51.8 Å². The van der Waals surface area contributed by atoms with Crippen molar-refractivity contribution < 1.29 is 18.7 Å². The number of hydrogen-bond acceptors (Lipinski definition) is 7. The second-order valence-electron chi connectivity index (χ2n) is 12.1. The number of pyridine rings is 2. The monoisotopic (exact) mass is 604 g/mol. The number of piperidine rings is 1. The molecule has 45 heavy (non-hydrogen) atoms. The second-order valence-corrected chi connectivity index (χ2v) is 12.1. The Kier molecular flexibility index (Phi) is 8.94. The lowest BCUT2D eigenvalue weighted by Crippen LogP contribution is -2.48. The molecule has 6 rings (SSSR count). The molecule has 0 saturated carbocycles. The van der Waals surface area contributed by atoms with Gasteiger partial charge >= 0.3 is 0 Å². The molecule has 0 aliphatic carbocycles. The summed E-state index contributed by atoms with van der Waals surface area (Å²) in [4.78, 5) is 42.8. The molecule has 4 heterocycles. The van der Waals surface area contributed by atoms with Gasteiger partial charge in [-0.1, -0.05) is 24.3 Å². The van der Waals surface area contributed by atoms with Crippen LogP contribution in [0.4, 0.5) is 4.39 Å². The van der Waals surface area contributed by atoms with Gasteiger partial charge in [0.15, 0.2) is 11.6 Å². The van der Waals surface area contributed by atoms with Gasteiger partial charge in [0.1, 0.15) is 11.6 Å². The maximum atomic E-state index is 15.1. The average Bonchev–Trinajstić information content (AvgIpc) is 3.47. The van der Waals surface area contributed by atoms with Crippen molar-refractivity contribution in [3.05, 3.63) is 124 Å². The predicted molar refractivity (Wildman–Crippen MR) is 171 cm³/mol. The van der Waals surface area contributed by atoms with Crippen molar-refractivity contribution in [3.63, 3.8) is 0 Å². The van der Waals surface area contributed by atoms with Crippen molar-refractivity contribution in [1.29, 1.82) is 0 Å². The molecule has 0 N–H and O–H groups in total. The summed E-state index contributed by atoms with van der Waals surface area (Å²) in [6, 6.07) is 18.0. The van der Waals surface area contributed by atoms with Crippen LogP contribution in [0.3, 0.4) is 0 Å². The van der Waals surface area contributed by atoms with E-state index in [0.717, 1.165) is 45.8 Å². The number of rotatable bonds is 10. The number of ketones is 2. The van der Waals surface area contributed by atoms with E-state index in [0.29, 0.717) is 42.8 Å². The van der Waals surface area contributed by atoms with Crippen molar-refractivity contribution in [2.24, 2.45) is 10.9 Å². The van der Waals surface area contributed by atoms with Crippen LogP contribution in [0, 0.1) is 25.6 Å². The molecule has 2 aromatic heterocycles. The lowest BCUT2D eigenvalue weighted by molar-refractivity contribution is -0.125. The van der Waals surface area contributed by atoms with Crippen LogP contribution < -0.4 is 4.74 Å². The van der Waals surface area contributed by atoms with E-state index in [1.54, 1.807) is 24.5 Å². The number of nitrogens with zero attached hydrogens (tertiary/aromatic N) is 4. The Morgan fingerprint density at radius 2 is 1.87 bits per heavy atom. The van der Waals surface area contributed by atoms with Gasteiger partial charge in [0, 0.05) is 72.0 Å². The van der Waals surface area contributed by atoms with Crippen molar-refractivity contribution in [2.45, 2.75) is 58.7 Å². The van der Waals surface area contributed by atoms with Crippen LogP contribution in [0.25, 0.3) is 0 Å². The second kappa shape index (κ2) is 13.2. The minimum atomic E-state index is -0.399. The quantitative estimate of drug-likeness (QED) is 0.199. The summed E-state index contributed by atoms with van der Waals surface area (Å²) in [6.07, 6.45) is 5.43. The summed E-state index contributed by atoms with van der Waals surface area (Å²) < 4.78 is 20.5. The first-order chi connectivity index (χ1) is 21.8. The van der Waals surface area contributed by atoms with Gasteiger partial charge in [-0.05, 0) is 80.1 Å². The summed E-state index contributed by atoms with van der Waals surface area (Å²) in [5.41, 5.74) is 7.70. The number of likely N-dealkylation sites (tertiary alicyclic amines) is 1. The highest BCUT2D eigenvalue weighted by atomic mass is 19.1. The lowest BCUT2D eigenvalue weighted by atomic mass is 9.84. The number of aryl methyl sites for hydroxylation is 2. The van der Waals surface area contributed by atoms with Crippen LogP contribution in [0.1, 0.15) is 68.8 Å². The van der Waals surface area contributed by atoms with Crippen molar-refractivity contribution >= 4 is 17.3 Å². The predicted octanol–water partition coefficient (Wildman–Crippen LogP) is 6.26. The Balaban J connectivity index is 1.21. The number of aliphatic imine (C=N–C) groups is 1. The Labute approximate surface area is 263 Å². The number of carbonyl (C=O) groups is 2. The SMILES string of the molecule is COc1cccc(F)c1CN1C[C@H](CC(=O)c2ccc3c(c2)C(c2ccnc(C)c2)=NC3)CC[C@H]1C(=O)Cc1ccc(C)nc1. The number of Topliss-reactive ketones (excluding diaryl/α,β-unsaturated/α-hetero) is 2. The molecule has 4 aromatic rings. The summed E-state index contributed by atoms with van der Waals surface area (Å²) in [7, 11) is 1.52. The third-order valence-electron chi connectivity index (χ3n) is 8.90.